The van der Waals surface area contributed by atoms with E-state index in [1.165, 1.54) is 35.0 Å². The van der Waals surface area contributed by atoms with Crippen LogP contribution in [-0.4, -0.2) is 20.0 Å². The minimum absolute atomic E-state index is 0.0393. The maximum Gasteiger partial charge on any atom is 0.335 e. The second kappa shape index (κ2) is 11.5. The molecule has 0 atom stereocenters. The number of hydrogen-bond acceptors (Lipinski definition) is 6. The summed E-state index contributed by atoms with van der Waals surface area (Å²) in [6, 6.07) is 18.8. The van der Waals surface area contributed by atoms with Gasteiger partial charge in [0.15, 0.2) is 11.6 Å². The van der Waals surface area contributed by atoms with Gasteiger partial charge >= 0.3 is 5.69 Å². The summed E-state index contributed by atoms with van der Waals surface area (Å²) in [7, 11) is 0. The van der Waals surface area contributed by atoms with Gasteiger partial charge in [-0.15, -0.1) is 0 Å². The number of aromatic nitrogens is 3. The normalized spacial score (nSPS) is 11.0. The first kappa shape index (κ1) is 28.0. The molecule has 0 saturated heterocycles. The van der Waals surface area contributed by atoms with Gasteiger partial charge in [0.25, 0.3) is 11.5 Å². The molecule has 3 aromatic carbocycles. The van der Waals surface area contributed by atoms with E-state index in [0.717, 1.165) is 34.5 Å². The molecule has 0 aliphatic rings. The summed E-state index contributed by atoms with van der Waals surface area (Å²) in [5.41, 5.74) is 5.47. The molecule has 212 valence electrons. The molecule has 0 aliphatic carbocycles. The van der Waals surface area contributed by atoms with E-state index in [1.807, 2.05) is 30.3 Å². The Balaban J connectivity index is 1.45. The van der Waals surface area contributed by atoms with E-state index in [4.69, 9.17) is 10.5 Å². The number of anilines is 2. The van der Waals surface area contributed by atoms with Crippen LogP contribution in [0.5, 0.6) is 11.5 Å². The van der Waals surface area contributed by atoms with Crippen LogP contribution in [0.25, 0.3) is 16.8 Å². The second-order valence-corrected chi connectivity index (χ2v) is 9.58. The van der Waals surface area contributed by atoms with Crippen LogP contribution in [0, 0.1) is 11.6 Å². The molecule has 11 heteroatoms. The molecule has 42 heavy (non-hydrogen) atoms. The molecule has 0 bridgehead atoms. The quantitative estimate of drug-likeness (QED) is 0.265. The van der Waals surface area contributed by atoms with Crippen molar-refractivity contribution in [3.63, 3.8) is 0 Å². The molecular formula is C31H25F2N5O4. The molecule has 9 nitrogen and oxygen atoms in total. The molecule has 0 unspecified atom stereocenters. The van der Waals surface area contributed by atoms with Crippen molar-refractivity contribution in [1.82, 2.24) is 14.1 Å². The molecule has 0 spiro atoms. The van der Waals surface area contributed by atoms with E-state index < -0.39 is 34.8 Å². The van der Waals surface area contributed by atoms with Gasteiger partial charge in [0, 0.05) is 30.2 Å². The van der Waals surface area contributed by atoms with Crippen LogP contribution in [0.3, 0.4) is 0 Å². The number of amides is 1. The summed E-state index contributed by atoms with van der Waals surface area (Å²) in [4.78, 5) is 43.6. The lowest BCUT2D eigenvalue weighted by Crippen LogP contribution is -2.42. The van der Waals surface area contributed by atoms with Gasteiger partial charge in [-0.05, 0) is 61.9 Å². The van der Waals surface area contributed by atoms with Crippen LogP contribution in [-0.2, 0) is 0 Å². The van der Waals surface area contributed by atoms with Gasteiger partial charge in [0.05, 0.1) is 11.3 Å². The number of ether oxygens (including phenoxy) is 1. The highest BCUT2D eigenvalue weighted by Crippen LogP contribution is 2.37. The number of hydrogen-bond donors (Lipinski definition) is 2. The third kappa shape index (κ3) is 5.52. The molecule has 2 aromatic heterocycles. The zero-order valence-corrected chi connectivity index (χ0v) is 22.5. The second-order valence-electron chi connectivity index (χ2n) is 9.58. The van der Waals surface area contributed by atoms with Crippen LogP contribution >= 0.6 is 0 Å². The molecule has 1 amide bonds. The average Bonchev–Trinajstić information content (AvgIpc) is 2.96. The Morgan fingerprint density at radius 1 is 0.952 bits per heavy atom. The van der Waals surface area contributed by atoms with E-state index in [-0.39, 0.29) is 34.3 Å². The Morgan fingerprint density at radius 2 is 1.67 bits per heavy atom. The summed E-state index contributed by atoms with van der Waals surface area (Å²) in [5.74, 6) is -1.87. The molecule has 2 heterocycles. The van der Waals surface area contributed by atoms with Gasteiger partial charge in [0.2, 0.25) is 0 Å². The molecule has 0 saturated carbocycles. The van der Waals surface area contributed by atoms with E-state index >= 15 is 4.39 Å². The highest BCUT2D eigenvalue weighted by molar-refractivity contribution is 6.03. The average molecular weight is 570 g/mol. The van der Waals surface area contributed by atoms with Crippen molar-refractivity contribution in [3.05, 3.63) is 129 Å². The Labute approximate surface area is 238 Å². The monoisotopic (exact) mass is 569 g/mol. The first-order chi connectivity index (χ1) is 20.1. The largest absolute Gasteiger partial charge is 0.453 e. The Kier molecular flexibility index (Phi) is 7.65. The van der Waals surface area contributed by atoms with Crippen molar-refractivity contribution in [2.45, 2.75) is 19.9 Å². The van der Waals surface area contributed by atoms with Crippen molar-refractivity contribution in [3.8, 4) is 28.3 Å². The third-order valence-electron chi connectivity index (χ3n) is 6.41. The number of carbonyl (C=O) groups is 1. The van der Waals surface area contributed by atoms with Gasteiger partial charge < -0.3 is 15.8 Å². The summed E-state index contributed by atoms with van der Waals surface area (Å²) >= 11 is 0. The van der Waals surface area contributed by atoms with Crippen molar-refractivity contribution in [2.24, 2.45) is 0 Å². The zero-order valence-electron chi connectivity index (χ0n) is 22.5. The number of carbonyl (C=O) groups excluding carboxylic acids is 1. The smallest absolute Gasteiger partial charge is 0.335 e. The highest BCUT2D eigenvalue weighted by atomic mass is 19.1. The maximum absolute atomic E-state index is 15.2. The van der Waals surface area contributed by atoms with E-state index in [1.54, 1.807) is 19.9 Å². The Bertz CT molecular complexity index is 1900. The summed E-state index contributed by atoms with van der Waals surface area (Å²) < 4.78 is 36.5. The molecular weight excluding hydrogens is 544 g/mol. The summed E-state index contributed by atoms with van der Waals surface area (Å²) in [6.07, 6.45) is 2.59. The van der Waals surface area contributed by atoms with E-state index in [9.17, 15) is 18.8 Å². The number of halogens is 2. The van der Waals surface area contributed by atoms with Crippen molar-refractivity contribution < 1.29 is 18.3 Å². The molecule has 3 N–H and O–H groups in total. The van der Waals surface area contributed by atoms with E-state index in [2.05, 4.69) is 10.3 Å². The van der Waals surface area contributed by atoms with Crippen LogP contribution < -0.4 is 27.0 Å². The predicted molar refractivity (Wildman–Crippen MR) is 155 cm³/mol. The standard InChI is InChI=1S/C31H25F2N5O4/c1-18(2)37-17-23(30(40)38(31(37)41)22-11-8-20(32)9-12-22)29(39)36-21-10-13-25(24(33)16-21)42-26-14-15-35-28(34)27(26)19-6-4-3-5-7-19/h3-18H,1-2H3,(H2,34,35)(H,36,39). The number of nitrogens with one attached hydrogen (secondary N) is 1. The fraction of sp³-hybridized carbons (Fsp3) is 0.0968. The van der Waals surface area contributed by atoms with Crippen molar-refractivity contribution in [1.29, 1.82) is 0 Å². The van der Waals surface area contributed by atoms with Gasteiger partial charge in [0.1, 0.15) is 22.9 Å². The topological polar surface area (TPSA) is 121 Å². The Hall–Kier alpha value is -5.58. The van der Waals surface area contributed by atoms with Crippen LogP contribution in [0.1, 0.15) is 30.2 Å². The lowest BCUT2D eigenvalue weighted by atomic mass is 10.1. The van der Waals surface area contributed by atoms with Gasteiger partial charge in [-0.2, -0.15) is 0 Å². The SMILES string of the molecule is CC(C)n1cc(C(=O)Nc2ccc(Oc3ccnc(N)c3-c3ccccc3)c(F)c2)c(=O)n(-c2ccc(F)cc2)c1=O. The van der Waals surface area contributed by atoms with Crippen LogP contribution in [0.2, 0.25) is 0 Å². The number of nitrogens with two attached hydrogens (primary N) is 1. The summed E-state index contributed by atoms with van der Waals surface area (Å²) in [6.45, 7) is 3.41. The number of rotatable bonds is 7. The zero-order chi connectivity index (χ0) is 30.0. The van der Waals surface area contributed by atoms with Gasteiger partial charge in [-0.1, -0.05) is 30.3 Å². The van der Waals surface area contributed by atoms with Gasteiger partial charge in [-0.25, -0.2) is 23.1 Å². The van der Waals surface area contributed by atoms with E-state index in [0.29, 0.717) is 5.56 Å². The van der Waals surface area contributed by atoms with Gasteiger partial charge in [-0.3, -0.25) is 14.2 Å². The molecule has 5 rings (SSSR count). The lowest BCUT2D eigenvalue weighted by molar-refractivity contribution is 0.102. The number of pyridine rings is 1. The third-order valence-corrected chi connectivity index (χ3v) is 6.41. The summed E-state index contributed by atoms with van der Waals surface area (Å²) in [5, 5.41) is 2.50. The molecule has 5 aromatic rings. The fourth-order valence-electron chi connectivity index (χ4n) is 4.33. The Morgan fingerprint density at radius 3 is 2.33 bits per heavy atom. The first-order valence-corrected chi connectivity index (χ1v) is 12.9. The highest BCUT2D eigenvalue weighted by Gasteiger charge is 2.21. The number of nitrogens with zero attached hydrogens (tertiary/aromatic N) is 3. The number of nitrogen functional groups attached to an aromatic ring is 1. The lowest BCUT2D eigenvalue weighted by Gasteiger charge is -2.16. The molecule has 0 aliphatic heterocycles. The number of benzene rings is 3. The van der Waals surface area contributed by atoms with Crippen LogP contribution in [0.15, 0.2) is 101 Å². The van der Waals surface area contributed by atoms with Crippen molar-refractivity contribution >= 4 is 17.4 Å². The van der Waals surface area contributed by atoms with Crippen LogP contribution in [0.4, 0.5) is 20.3 Å². The molecule has 0 radical (unpaired) electrons. The predicted octanol–water partition coefficient (Wildman–Crippen LogP) is 5.55. The first-order valence-electron chi connectivity index (χ1n) is 12.9. The molecule has 0 fully saturated rings. The minimum Gasteiger partial charge on any atom is -0.453 e. The minimum atomic E-state index is -0.912. The van der Waals surface area contributed by atoms with Crippen molar-refractivity contribution in [2.75, 3.05) is 11.1 Å². The fourth-order valence-corrected chi connectivity index (χ4v) is 4.33. The maximum atomic E-state index is 15.2.